The van der Waals surface area contributed by atoms with Crippen molar-refractivity contribution < 1.29 is 22.6 Å². The number of hydrogen-bond donors (Lipinski definition) is 2. The van der Waals surface area contributed by atoms with E-state index in [1.807, 2.05) is 6.07 Å². The molecule has 0 heterocycles. The Hall–Kier alpha value is -1.72. The molecule has 10 heteroatoms. The van der Waals surface area contributed by atoms with Gasteiger partial charge in [-0.2, -0.15) is 0 Å². The number of hydrogen-bond acceptors (Lipinski definition) is 3. The number of guanidine groups is 1. The first-order valence-corrected chi connectivity index (χ1v) is 7.86. The molecule has 0 bridgehead atoms. The third kappa shape index (κ3) is 7.81. The summed E-state index contributed by atoms with van der Waals surface area (Å²) < 4.78 is 46.6. The summed E-state index contributed by atoms with van der Waals surface area (Å²) in [6, 6.07) is 12.6. The van der Waals surface area contributed by atoms with E-state index in [1.54, 1.807) is 24.3 Å². The van der Waals surface area contributed by atoms with E-state index in [-0.39, 0.29) is 42.2 Å². The number of alkyl halides is 3. The molecule has 0 aromatic heterocycles. The number of aliphatic imine (C=N–C) groups is 1. The summed E-state index contributed by atoms with van der Waals surface area (Å²) in [6.45, 7) is 0.151. The van der Waals surface area contributed by atoms with Gasteiger partial charge in [0.2, 0.25) is 0 Å². The Morgan fingerprint density at radius 1 is 1.22 bits per heavy atom. The zero-order valence-electron chi connectivity index (χ0n) is 14.2. The topological polar surface area (TPSA) is 68.9 Å². The summed E-state index contributed by atoms with van der Waals surface area (Å²) in [5.74, 6) is -0.483. The zero-order valence-corrected chi connectivity index (χ0v) is 17.3. The van der Waals surface area contributed by atoms with Crippen molar-refractivity contribution in [2.75, 3.05) is 19.0 Å². The fourth-order valence-corrected chi connectivity index (χ4v) is 2.36. The molecule has 148 valence electrons. The predicted octanol–water partition coefficient (Wildman–Crippen LogP) is 4.97. The van der Waals surface area contributed by atoms with Crippen molar-refractivity contribution in [1.82, 2.24) is 0 Å². The lowest BCUT2D eigenvalue weighted by Crippen LogP contribution is -2.25. The average molecular weight is 516 g/mol. The predicted molar refractivity (Wildman–Crippen MR) is 110 cm³/mol. The highest BCUT2D eigenvalue weighted by Crippen LogP contribution is 2.29. The molecule has 1 unspecified atom stereocenters. The molecular weight excluding hydrogens is 498 g/mol. The Morgan fingerprint density at radius 2 is 1.93 bits per heavy atom. The number of para-hydroxylation sites is 2. The van der Waals surface area contributed by atoms with Crippen LogP contribution in [-0.2, 0) is 4.74 Å². The van der Waals surface area contributed by atoms with Crippen LogP contribution in [0.15, 0.2) is 53.5 Å². The zero-order chi connectivity index (χ0) is 19.2. The SMILES string of the molecule is COC(CN=C(N)Nc1ccccc1OC(F)(F)F)c1cccc(Cl)c1.I. The van der Waals surface area contributed by atoms with E-state index in [4.69, 9.17) is 22.1 Å². The van der Waals surface area contributed by atoms with Gasteiger partial charge in [-0.15, -0.1) is 37.1 Å². The van der Waals surface area contributed by atoms with Gasteiger partial charge in [0, 0.05) is 12.1 Å². The Labute approximate surface area is 176 Å². The third-order valence-corrected chi connectivity index (χ3v) is 3.54. The summed E-state index contributed by atoms with van der Waals surface area (Å²) >= 11 is 5.95. The highest BCUT2D eigenvalue weighted by molar-refractivity contribution is 14.0. The van der Waals surface area contributed by atoms with Gasteiger partial charge in [0.1, 0.15) is 6.10 Å². The van der Waals surface area contributed by atoms with Crippen LogP contribution < -0.4 is 15.8 Å². The molecule has 0 spiro atoms. The fourth-order valence-electron chi connectivity index (χ4n) is 2.17. The molecule has 2 aromatic rings. The smallest absolute Gasteiger partial charge is 0.404 e. The third-order valence-electron chi connectivity index (χ3n) is 3.31. The molecule has 0 aliphatic carbocycles. The fraction of sp³-hybridized carbons (Fsp3) is 0.235. The lowest BCUT2D eigenvalue weighted by Gasteiger charge is -2.16. The molecule has 0 saturated carbocycles. The molecule has 0 amide bonds. The maximum Gasteiger partial charge on any atom is 0.573 e. The van der Waals surface area contributed by atoms with Crippen LogP contribution in [0.5, 0.6) is 5.75 Å². The molecule has 0 saturated heterocycles. The Bertz CT molecular complexity index is 775. The van der Waals surface area contributed by atoms with Gasteiger partial charge in [-0.3, -0.25) is 4.99 Å². The normalized spacial score (nSPS) is 12.9. The van der Waals surface area contributed by atoms with Gasteiger partial charge in [0.15, 0.2) is 11.7 Å². The minimum absolute atomic E-state index is 0. The van der Waals surface area contributed by atoms with Gasteiger partial charge in [-0.05, 0) is 29.8 Å². The van der Waals surface area contributed by atoms with Crippen molar-refractivity contribution in [3.05, 3.63) is 59.1 Å². The Kier molecular flexibility index (Phi) is 9.13. The van der Waals surface area contributed by atoms with Crippen LogP contribution in [0.25, 0.3) is 0 Å². The second-order valence-electron chi connectivity index (χ2n) is 5.17. The highest BCUT2D eigenvalue weighted by Gasteiger charge is 2.32. The van der Waals surface area contributed by atoms with Crippen LogP contribution in [0.4, 0.5) is 18.9 Å². The summed E-state index contributed by atoms with van der Waals surface area (Å²) in [6.07, 6.45) is -5.21. The first-order valence-electron chi connectivity index (χ1n) is 7.48. The summed E-state index contributed by atoms with van der Waals surface area (Å²) in [5.41, 5.74) is 6.62. The van der Waals surface area contributed by atoms with E-state index >= 15 is 0 Å². The average Bonchev–Trinajstić information content (AvgIpc) is 2.56. The van der Waals surface area contributed by atoms with Crippen LogP contribution >= 0.6 is 35.6 Å². The molecule has 5 nitrogen and oxygen atoms in total. The summed E-state index contributed by atoms with van der Waals surface area (Å²) in [5, 5.41) is 3.15. The van der Waals surface area contributed by atoms with Gasteiger partial charge in [0.25, 0.3) is 0 Å². The number of anilines is 1. The lowest BCUT2D eigenvalue weighted by molar-refractivity contribution is -0.274. The Morgan fingerprint density at radius 3 is 2.56 bits per heavy atom. The quantitative estimate of drug-likeness (QED) is 0.324. The molecule has 0 fully saturated rings. The van der Waals surface area contributed by atoms with Crippen molar-refractivity contribution in [2.24, 2.45) is 10.7 Å². The van der Waals surface area contributed by atoms with E-state index in [1.165, 1.54) is 25.3 Å². The molecule has 0 aliphatic rings. The summed E-state index contributed by atoms with van der Waals surface area (Å²) in [4.78, 5) is 4.11. The van der Waals surface area contributed by atoms with Crippen LogP contribution in [0.1, 0.15) is 11.7 Å². The maximum atomic E-state index is 12.4. The number of benzene rings is 2. The van der Waals surface area contributed by atoms with E-state index in [2.05, 4.69) is 15.0 Å². The lowest BCUT2D eigenvalue weighted by atomic mass is 10.1. The summed E-state index contributed by atoms with van der Waals surface area (Å²) in [7, 11) is 1.51. The van der Waals surface area contributed by atoms with Gasteiger partial charge in [-0.25, -0.2) is 0 Å². The number of nitrogens with zero attached hydrogens (tertiary/aromatic N) is 1. The van der Waals surface area contributed by atoms with Crippen molar-refractivity contribution in [2.45, 2.75) is 12.5 Å². The Balaban J connectivity index is 0.00000364. The molecular formula is C17H18ClF3IN3O2. The van der Waals surface area contributed by atoms with Crippen molar-refractivity contribution in [1.29, 1.82) is 0 Å². The molecule has 0 radical (unpaired) electrons. The molecule has 1 atom stereocenters. The second-order valence-corrected chi connectivity index (χ2v) is 5.61. The van der Waals surface area contributed by atoms with Gasteiger partial charge < -0.3 is 20.5 Å². The second kappa shape index (κ2) is 10.6. The number of nitrogens with one attached hydrogen (secondary N) is 1. The largest absolute Gasteiger partial charge is 0.573 e. The van der Waals surface area contributed by atoms with Crippen LogP contribution in [0.3, 0.4) is 0 Å². The number of methoxy groups -OCH3 is 1. The monoisotopic (exact) mass is 515 g/mol. The molecule has 2 rings (SSSR count). The first kappa shape index (κ1) is 23.3. The number of halogens is 5. The standard InChI is InChI=1S/C17H17ClF3N3O2.HI/c1-25-15(11-5-4-6-12(18)9-11)10-23-16(22)24-13-7-2-3-8-14(13)26-17(19,20)21;/h2-9,15H,10H2,1H3,(H3,22,23,24);1H. The maximum absolute atomic E-state index is 12.4. The number of rotatable bonds is 6. The molecule has 3 N–H and O–H groups in total. The number of nitrogens with two attached hydrogens (primary N) is 1. The van der Waals surface area contributed by atoms with E-state index in [9.17, 15) is 13.2 Å². The van der Waals surface area contributed by atoms with Crippen LogP contribution in [0, 0.1) is 0 Å². The van der Waals surface area contributed by atoms with Gasteiger partial charge >= 0.3 is 6.36 Å². The minimum atomic E-state index is -4.81. The minimum Gasteiger partial charge on any atom is -0.404 e. The van der Waals surface area contributed by atoms with Crippen molar-refractivity contribution >= 4 is 47.2 Å². The van der Waals surface area contributed by atoms with E-state index in [0.717, 1.165) is 5.56 Å². The van der Waals surface area contributed by atoms with E-state index < -0.39 is 18.2 Å². The molecule has 2 aromatic carbocycles. The molecule has 27 heavy (non-hydrogen) atoms. The number of ether oxygens (including phenoxy) is 2. The van der Waals surface area contributed by atoms with Gasteiger partial charge in [-0.1, -0.05) is 35.9 Å². The van der Waals surface area contributed by atoms with Crippen LogP contribution in [-0.4, -0.2) is 26.0 Å². The van der Waals surface area contributed by atoms with Crippen molar-refractivity contribution in [3.8, 4) is 5.75 Å². The highest BCUT2D eigenvalue weighted by atomic mass is 127. The van der Waals surface area contributed by atoms with E-state index in [0.29, 0.717) is 5.02 Å². The first-order chi connectivity index (χ1) is 12.3. The molecule has 0 aliphatic heterocycles. The van der Waals surface area contributed by atoms with Crippen molar-refractivity contribution in [3.63, 3.8) is 0 Å². The van der Waals surface area contributed by atoms with Gasteiger partial charge in [0.05, 0.1) is 12.2 Å². The van der Waals surface area contributed by atoms with Crippen LogP contribution in [0.2, 0.25) is 5.02 Å².